The van der Waals surface area contributed by atoms with Gasteiger partial charge in [0.05, 0.1) is 32.8 Å². The van der Waals surface area contributed by atoms with E-state index >= 15 is 0 Å². The molecule has 8 heteroatoms. The Labute approximate surface area is 138 Å². The Balaban J connectivity index is 1.65. The summed E-state index contributed by atoms with van der Waals surface area (Å²) < 4.78 is 20.1. The summed E-state index contributed by atoms with van der Waals surface area (Å²) in [7, 11) is 1.48. The van der Waals surface area contributed by atoms with Crippen LogP contribution in [0.2, 0.25) is 0 Å². The number of benzene rings is 1. The Morgan fingerprint density at radius 2 is 2.33 bits per heavy atom. The lowest BCUT2D eigenvalue weighted by Crippen LogP contribution is -2.40. The van der Waals surface area contributed by atoms with Crippen molar-refractivity contribution in [1.82, 2.24) is 19.9 Å². The number of ether oxygens (including phenoxy) is 1. The van der Waals surface area contributed by atoms with Crippen LogP contribution in [0.25, 0.3) is 0 Å². The van der Waals surface area contributed by atoms with E-state index < -0.39 is 11.4 Å². The minimum Gasteiger partial charge on any atom is -0.496 e. The van der Waals surface area contributed by atoms with Crippen LogP contribution in [0.15, 0.2) is 30.6 Å². The van der Waals surface area contributed by atoms with E-state index in [4.69, 9.17) is 4.74 Å². The molecule has 0 saturated carbocycles. The second kappa shape index (κ2) is 6.56. The zero-order valence-corrected chi connectivity index (χ0v) is 13.4. The number of rotatable bonds is 5. The summed E-state index contributed by atoms with van der Waals surface area (Å²) in [6.45, 7) is 0.936. The number of halogens is 1. The number of hydrogen-bond acceptors (Lipinski definition) is 5. The standard InChI is InChI=1S/C16H19FN4O3/c1-24-14-3-2-13(17)8-12(14)9-15(22)20-6-4-16(23,10-20)11-21-7-5-18-19-21/h2-3,5,7-8,23H,4,6,9-11H2,1H3. The average molecular weight is 334 g/mol. The minimum absolute atomic E-state index is 0.0281. The number of hydrogen-bond donors (Lipinski definition) is 1. The van der Waals surface area contributed by atoms with Crippen LogP contribution in [-0.4, -0.2) is 56.7 Å². The molecule has 2 aromatic rings. The van der Waals surface area contributed by atoms with Crippen LogP contribution in [0.3, 0.4) is 0 Å². The third-order valence-electron chi connectivity index (χ3n) is 4.20. The molecule has 7 nitrogen and oxygen atoms in total. The van der Waals surface area contributed by atoms with Crippen LogP contribution >= 0.6 is 0 Å². The maximum Gasteiger partial charge on any atom is 0.227 e. The lowest BCUT2D eigenvalue weighted by Gasteiger charge is -2.23. The maximum absolute atomic E-state index is 13.4. The van der Waals surface area contributed by atoms with E-state index in [1.807, 2.05) is 0 Å². The van der Waals surface area contributed by atoms with Crippen molar-refractivity contribution < 1.29 is 19.0 Å². The number of carbonyl (C=O) groups excluding carboxylic acids is 1. The first-order valence-electron chi connectivity index (χ1n) is 7.66. The highest BCUT2D eigenvalue weighted by Crippen LogP contribution is 2.25. The summed E-state index contributed by atoms with van der Waals surface area (Å²) in [6, 6.07) is 4.09. The van der Waals surface area contributed by atoms with Crippen molar-refractivity contribution in [3.63, 3.8) is 0 Å². The number of amides is 1. The van der Waals surface area contributed by atoms with Gasteiger partial charge >= 0.3 is 0 Å². The number of aromatic nitrogens is 3. The van der Waals surface area contributed by atoms with E-state index in [1.54, 1.807) is 15.8 Å². The van der Waals surface area contributed by atoms with E-state index in [0.29, 0.717) is 24.3 Å². The largest absolute Gasteiger partial charge is 0.496 e. The van der Waals surface area contributed by atoms with Crippen molar-refractivity contribution in [2.45, 2.75) is 25.0 Å². The van der Waals surface area contributed by atoms with Gasteiger partial charge in [0, 0.05) is 18.3 Å². The molecule has 1 aliphatic rings. The molecule has 1 unspecified atom stereocenters. The summed E-state index contributed by atoms with van der Waals surface area (Å²) in [5.74, 6) is -0.113. The van der Waals surface area contributed by atoms with Crippen LogP contribution in [-0.2, 0) is 17.8 Å². The van der Waals surface area contributed by atoms with Crippen molar-refractivity contribution in [1.29, 1.82) is 0 Å². The third-order valence-corrected chi connectivity index (χ3v) is 4.20. The number of aliphatic hydroxyl groups is 1. The van der Waals surface area contributed by atoms with Crippen LogP contribution in [0.1, 0.15) is 12.0 Å². The zero-order chi connectivity index (χ0) is 17.2. The van der Waals surface area contributed by atoms with E-state index in [2.05, 4.69) is 10.3 Å². The summed E-state index contributed by atoms with van der Waals surface area (Å²) in [5, 5.41) is 18.2. The van der Waals surface area contributed by atoms with Gasteiger partial charge in [0.25, 0.3) is 0 Å². The Kier molecular flexibility index (Phi) is 4.48. The molecule has 1 saturated heterocycles. The van der Waals surface area contributed by atoms with Crippen LogP contribution < -0.4 is 4.74 Å². The van der Waals surface area contributed by atoms with Gasteiger partial charge in [-0.05, 0) is 24.6 Å². The molecular weight excluding hydrogens is 315 g/mol. The molecule has 128 valence electrons. The topological polar surface area (TPSA) is 80.5 Å². The lowest BCUT2D eigenvalue weighted by molar-refractivity contribution is -0.130. The lowest BCUT2D eigenvalue weighted by atomic mass is 10.0. The molecular formula is C16H19FN4O3. The van der Waals surface area contributed by atoms with Gasteiger partial charge in [0.1, 0.15) is 17.2 Å². The molecule has 0 radical (unpaired) electrons. The van der Waals surface area contributed by atoms with Gasteiger partial charge in [0.15, 0.2) is 0 Å². The van der Waals surface area contributed by atoms with Gasteiger partial charge in [-0.2, -0.15) is 0 Å². The van der Waals surface area contributed by atoms with Crippen LogP contribution in [0, 0.1) is 5.82 Å². The summed E-state index contributed by atoms with van der Waals surface area (Å²) in [4.78, 5) is 14.1. The Morgan fingerprint density at radius 3 is 3.04 bits per heavy atom. The van der Waals surface area contributed by atoms with Crippen LogP contribution in [0.4, 0.5) is 4.39 Å². The number of carbonyl (C=O) groups is 1. The van der Waals surface area contributed by atoms with Crippen molar-refractivity contribution in [2.75, 3.05) is 20.2 Å². The zero-order valence-electron chi connectivity index (χ0n) is 13.4. The second-order valence-electron chi connectivity index (χ2n) is 6.02. The van der Waals surface area contributed by atoms with E-state index in [-0.39, 0.29) is 25.4 Å². The molecule has 1 aliphatic heterocycles. The van der Waals surface area contributed by atoms with E-state index in [0.717, 1.165) is 0 Å². The number of likely N-dealkylation sites (tertiary alicyclic amines) is 1. The molecule has 1 fully saturated rings. The Bertz CT molecular complexity index is 722. The van der Waals surface area contributed by atoms with E-state index in [9.17, 15) is 14.3 Å². The quantitative estimate of drug-likeness (QED) is 0.868. The van der Waals surface area contributed by atoms with Gasteiger partial charge in [-0.1, -0.05) is 5.21 Å². The monoisotopic (exact) mass is 334 g/mol. The molecule has 1 amide bonds. The first-order chi connectivity index (χ1) is 11.5. The maximum atomic E-state index is 13.4. The fourth-order valence-corrected chi connectivity index (χ4v) is 2.98. The summed E-state index contributed by atoms with van der Waals surface area (Å²) >= 11 is 0. The molecule has 24 heavy (non-hydrogen) atoms. The van der Waals surface area contributed by atoms with Crippen molar-refractivity contribution in [3.05, 3.63) is 42.0 Å². The molecule has 0 bridgehead atoms. The normalized spacial score (nSPS) is 20.4. The fraction of sp³-hybridized carbons (Fsp3) is 0.438. The van der Waals surface area contributed by atoms with Gasteiger partial charge in [-0.3, -0.25) is 4.79 Å². The summed E-state index contributed by atoms with van der Waals surface area (Å²) in [5.41, 5.74) is -0.538. The third kappa shape index (κ3) is 3.53. The first kappa shape index (κ1) is 16.4. The molecule has 1 atom stereocenters. The van der Waals surface area contributed by atoms with Gasteiger partial charge in [-0.25, -0.2) is 9.07 Å². The number of β-amino-alcohol motifs (C(OH)–C–C–N with tert-alkyl or cyclic N) is 1. The molecule has 1 aromatic heterocycles. The Hall–Kier alpha value is -2.48. The fourth-order valence-electron chi connectivity index (χ4n) is 2.98. The number of nitrogens with zero attached hydrogens (tertiary/aromatic N) is 4. The highest BCUT2D eigenvalue weighted by molar-refractivity contribution is 5.80. The van der Waals surface area contributed by atoms with Gasteiger partial charge in [-0.15, -0.1) is 5.10 Å². The molecule has 1 N–H and O–H groups in total. The first-order valence-corrected chi connectivity index (χ1v) is 7.66. The average Bonchev–Trinajstić information content (AvgIpc) is 3.18. The second-order valence-corrected chi connectivity index (χ2v) is 6.02. The van der Waals surface area contributed by atoms with Gasteiger partial charge < -0.3 is 14.7 Å². The number of methoxy groups -OCH3 is 1. The molecule has 3 rings (SSSR count). The Morgan fingerprint density at radius 1 is 1.50 bits per heavy atom. The molecule has 1 aromatic carbocycles. The highest BCUT2D eigenvalue weighted by atomic mass is 19.1. The molecule has 0 spiro atoms. The minimum atomic E-state index is -1.03. The SMILES string of the molecule is COc1ccc(F)cc1CC(=O)N1CCC(O)(Cn2ccnn2)C1. The predicted octanol–water partition coefficient (Wildman–Crippen LogP) is 0.632. The van der Waals surface area contributed by atoms with Crippen molar-refractivity contribution in [3.8, 4) is 5.75 Å². The van der Waals surface area contributed by atoms with Gasteiger partial charge in [0.2, 0.25) is 5.91 Å². The smallest absolute Gasteiger partial charge is 0.227 e. The molecule has 2 heterocycles. The van der Waals surface area contributed by atoms with E-state index in [1.165, 1.54) is 31.5 Å². The highest BCUT2D eigenvalue weighted by Gasteiger charge is 2.38. The molecule has 0 aliphatic carbocycles. The van der Waals surface area contributed by atoms with Crippen molar-refractivity contribution in [2.24, 2.45) is 0 Å². The van der Waals surface area contributed by atoms with Crippen molar-refractivity contribution >= 4 is 5.91 Å². The summed E-state index contributed by atoms with van der Waals surface area (Å²) in [6.07, 6.45) is 3.69. The predicted molar refractivity (Wildman–Crippen MR) is 82.8 cm³/mol. The van der Waals surface area contributed by atoms with Crippen LogP contribution in [0.5, 0.6) is 5.75 Å².